The predicted molar refractivity (Wildman–Crippen MR) is 47.5 cm³/mol. The minimum atomic E-state index is -0.563. The Kier molecular flexibility index (Phi) is 2.59. The lowest BCUT2D eigenvalue weighted by atomic mass is 10.3. The van der Waals surface area contributed by atoms with Crippen LogP contribution in [-0.4, -0.2) is 17.0 Å². The molecule has 0 aliphatic carbocycles. The van der Waals surface area contributed by atoms with Crippen molar-refractivity contribution >= 4 is 11.9 Å². The summed E-state index contributed by atoms with van der Waals surface area (Å²) < 4.78 is 4.91. The molecule has 0 amide bonds. The maximum atomic E-state index is 10.3. The zero-order chi connectivity index (χ0) is 9.84. The second-order valence-electron chi connectivity index (χ2n) is 2.22. The Morgan fingerprint density at radius 3 is 2.85 bits per heavy atom. The van der Waals surface area contributed by atoms with E-state index in [0.717, 1.165) is 0 Å². The first-order valence-electron chi connectivity index (χ1n) is 3.51. The Hall–Kier alpha value is -1.91. The monoisotopic (exact) mass is 180 g/mol. The largest absolute Gasteiger partial charge is 0.492 e. The number of aromatic nitrogens is 1. The third kappa shape index (κ3) is 1.81. The molecule has 0 bridgehead atoms. The third-order valence-corrected chi connectivity index (χ3v) is 1.47. The maximum absolute atomic E-state index is 10.3. The van der Waals surface area contributed by atoms with Crippen LogP contribution in [0.5, 0.6) is 5.75 Å². The molecule has 0 unspecified atom stereocenters. The van der Waals surface area contributed by atoms with Gasteiger partial charge in [-0.05, 0) is 22.0 Å². The average Bonchev–Trinajstić information content (AvgIpc) is 2.16. The van der Waals surface area contributed by atoms with Crippen LogP contribution in [-0.2, 0) is 0 Å². The molecule has 0 saturated heterocycles. The molecule has 13 heavy (non-hydrogen) atoms. The number of methoxy groups -OCH3 is 1. The van der Waals surface area contributed by atoms with Gasteiger partial charge >= 0.3 is 5.82 Å². The van der Waals surface area contributed by atoms with Crippen LogP contribution in [0, 0.1) is 10.1 Å². The summed E-state index contributed by atoms with van der Waals surface area (Å²) in [7, 11) is 1.47. The average molecular weight is 180 g/mol. The fourth-order valence-corrected chi connectivity index (χ4v) is 0.872. The lowest BCUT2D eigenvalue weighted by Crippen LogP contribution is -1.96. The molecule has 0 aliphatic heterocycles. The van der Waals surface area contributed by atoms with Gasteiger partial charge in [-0.2, -0.15) is 0 Å². The zero-order valence-electron chi connectivity index (χ0n) is 7.06. The minimum absolute atomic E-state index is 0.212. The highest BCUT2D eigenvalue weighted by molar-refractivity contribution is 5.52. The highest BCUT2D eigenvalue weighted by Crippen LogP contribution is 2.20. The first kappa shape index (κ1) is 9.18. The summed E-state index contributed by atoms with van der Waals surface area (Å²) in [6.07, 6.45) is 1.41. The molecular formula is C8H8N2O3. The number of hydrogen-bond acceptors (Lipinski definition) is 4. The van der Waals surface area contributed by atoms with Gasteiger partial charge in [0.1, 0.15) is 0 Å². The molecule has 0 radical (unpaired) electrons. The van der Waals surface area contributed by atoms with Gasteiger partial charge in [0.05, 0.1) is 7.11 Å². The maximum Gasteiger partial charge on any atom is 0.364 e. The molecule has 0 aromatic carbocycles. The molecule has 1 rings (SSSR count). The molecule has 0 N–H and O–H groups in total. The van der Waals surface area contributed by atoms with Gasteiger partial charge in [-0.1, -0.05) is 6.58 Å². The van der Waals surface area contributed by atoms with Crippen molar-refractivity contribution in [3.63, 3.8) is 0 Å². The second-order valence-corrected chi connectivity index (χ2v) is 2.22. The lowest BCUT2D eigenvalue weighted by Gasteiger charge is -1.99. The van der Waals surface area contributed by atoms with E-state index in [0.29, 0.717) is 11.4 Å². The predicted octanol–water partition coefficient (Wildman–Crippen LogP) is 1.64. The van der Waals surface area contributed by atoms with Gasteiger partial charge in [-0.15, -0.1) is 0 Å². The molecule has 0 fully saturated rings. The number of hydrogen-bond donors (Lipinski definition) is 0. The van der Waals surface area contributed by atoms with E-state index in [-0.39, 0.29) is 5.82 Å². The smallest absolute Gasteiger partial charge is 0.364 e. The summed E-state index contributed by atoms with van der Waals surface area (Å²) in [4.78, 5) is 13.5. The fourth-order valence-electron chi connectivity index (χ4n) is 0.872. The van der Waals surface area contributed by atoms with Crippen molar-refractivity contribution in [2.75, 3.05) is 7.11 Å². The van der Waals surface area contributed by atoms with Gasteiger partial charge in [0.25, 0.3) is 0 Å². The molecule has 1 aromatic heterocycles. The normalized spacial score (nSPS) is 9.31. The molecule has 1 aromatic rings. The van der Waals surface area contributed by atoms with Gasteiger partial charge in [0.15, 0.2) is 5.75 Å². The van der Waals surface area contributed by atoms with Crippen molar-refractivity contribution < 1.29 is 9.66 Å². The van der Waals surface area contributed by atoms with Gasteiger partial charge in [-0.25, -0.2) is 0 Å². The molecule has 0 saturated carbocycles. The zero-order valence-corrected chi connectivity index (χ0v) is 7.06. The quantitative estimate of drug-likeness (QED) is 0.523. The van der Waals surface area contributed by atoms with Crippen LogP contribution >= 0.6 is 0 Å². The van der Waals surface area contributed by atoms with Crippen molar-refractivity contribution in [1.29, 1.82) is 0 Å². The van der Waals surface area contributed by atoms with E-state index >= 15 is 0 Å². The molecule has 68 valence electrons. The Morgan fingerprint density at radius 1 is 1.69 bits per heavy atom. The molecular weight excluding hydrogens is 172 g/mol. The van der Waals surface area contributed by atoms with E-state index in [2.05, 4.69) is 11.6 Å². The first-order chi connectivity index (χ1) is 6.19. The number of rotatable bonds is 3. The van der Waals surface area contributed by atoms with Crippen LogP contribution in [0.15, 0.2) is 18.7 Å². The second kappa shape index (κ2) is 3.66. The number of nitrogens with zero attached hydrogens (tertiary/aromatic N) is 2. The van der Waals surface area contributed by atoms with Crippen LogP contribution in [0.3, 0.4) is 0 Å². The van der Waals surface area contributed by atoms with Crippen molar-refractivity contribution in [3.05, 3.63) is 34.5 Å². The summed E-state index contributed by atoms with van der Waals surface area (Å²) in [6, 6.07) is 2.77. The summed E-state index contributed by atoms with van der Waals surface area (Å²) in [5.74, 6) is 0.260. The van der Waals surface area contributed by atoms with Crippen LogP contribution < -0.4 is 4.74 Å². The number of pyridine rings is 1. The van der Waals surface area contributed by atoms with E-state index in [1.807, 2.05) is 0 Å². The standard InChI is InChI=1S/C8H8N2O3/c1-3-6-7(13-2)4-5-8(9-6)10(11)12/h3-5H,1H2,2H3. The van der Waals surface area contributed by atoms with Crippen LogP contribution in [0.25, 0.3) is 6.08 Å². The van der Waals surface area contributed by atoms with Crippen LogP contribution in [0.4, 0.5) is 5.82 Å². The molecule has 0 spiro atoms. The Labute approximate surface area is 74.8 Å². The van der Waals surface area contributed by atoms with E-state index in [1.54, 1.807) is 0 Å². The van der Waals surface area contributed by atoms with Gasteiger partial charge in [-0.3, -0.25) is 0 Å². The van der Waals surface area contributed by atoms with Crippen LogP contribution in [0.1, 0.15) is 5.69 Å². The van der Waals surface area contributed by atoms with Crippen LogP contribution in [0.2, 0.25) is 0 Å². The molecule has 1 heterocycles. The summed E-state index contributed by atoms with van der Waals surface area (Å²) >= 11 is 0. The highest BCUT2D eigenvalue weighted by atomic mass is 16.6. The third-order valence-electron chi connectivity index (χ3n) is 1.47. The topological polar surface area (TPSA) is 65.3 Å². The molecule has 5 nitrogen and oxygen atoms in total. The minimum Gasteiger partial charge on any atom is -0.492 e. The molecule has 0 atom stereocenters. The van der Waals surface area contributed by atoms with E-state index < -0.39 is 4.92 Å². The number of ether oxygens (including phenoxy) is 1. The summed E-state index contributed by atoms with van der Waals surface area (Å²) in [5, 5.41) is 10.3. The van der Waals surface area contributed by atoms with E-state index in [1.165, 1.54) is 25.3 Å². The highest BCUT2D eigenvalue weighted by Gasteiger charge is 2.12. The summed E-state index contributed by atoms with van der Waals surface area (Å²) in [6.45, 7) is 3.47. The Balaban J connectivity index is 3.20. The van der Waals surface area contributed by atoms with Gasteiger partial charge < -0.3 is 14.9 Å². The lowest BCUT2D eigenvalue weighted by molar-refractivity contribution is -0.389. The number of nitro groups is 1. The van der Waals surface area contributed by atoms with E-state index in [9.17, 15) is 10.1 Å². The SMILES string of the molecule is C=Cc1nc([N+](=O)[O-])ccc1OC. The first-order valence-corrected chi connectivity index (χ1v) is 3.51. The Bertz CT molecular complexity index is 349. The molecule has 5 heteroatoms. The van der Waals surface area contributed by atoms with Crippen molar-refractivity contribution in [1.82, 2.24) is 4.98 Å². The summed E-state index contributed by atoms with van der Waals surface area (Å²) in [5.41, 5.74) is 0.372. The van der Waals surface area contributed by atoms with Gasteiger partial charge in [0.2, 0.25) is 5.69 Å². The van der Waals surface area contributed by atoms with Crippen molar-refractivity contribution in [3.8, 4) is 5.75 Å². The van der Waals surface area contributed by atoms with E-state index in [4.69, 9.17) is 4.74 Å². The Morgan fingerprint density at radius 2 is 2.38 bits per heavy atom. The van der Waals surface area contributed by atoms with Crippen molar-refractivity contribution in [2.24, 2.45) is 0 Å². The van der Waals surface area contributed by atoms with Gasteiger partial charge in [0, 0.05) is 6.07 Å². The fraction of sp³-hybridized carbons (Fsp3) is 0.125. The van der Waals surface area contributed by atoms with Crippen molar-refractivity contribution in [2.45, 2.75) is 0 Å². The molecule has 0 aliphatic rings.